The average Bonchev–Trinajstić information content (AvgIpc) is 3.00. The van der Waals surface area contributed by atoms with Gasteiger partial charge in [0, 0.05) is 46.0 Å². The highest BCUT2D eigenvalue weighted by Gasteiger charge is 2.35. The van der Waals surface area contributed by atoms with Crippen LogP contribution in [0.1, 0.15) is 32.6 Å². The van der Waals surface area contributed by atoms with Crippen LogP contribution in [0.4, 0.5) is 5.69 Å². The number of amides is 1. The number of rotatable bonds is 5. The Morgan fingerprint density at radius 3 is 2.65 bits per heavy atom. The lowest BCUT2D eigenvalue weighted by molar-refractivity contribution is -0.126. The second-order valence-electron chi connectivity index (χ2n) is 6.75. The Kier molecular flexibility index (Phi) is 5.33. The normalized spacial score (nSPS) is 24.3. The first-order chi connectivity index (χ1) is 11.2. The topological polar surface area (TPSA) is 44.6 Å². The number of anilines is 1. The number of hydrogen-bond acceptors (Lipinski definition) is 4. The zero-order valence-corrected chi connectivity index (χ0v) is 14.4. The summed E-state index contributed by atoms with van der Waals surface area (Å²) in [4.78, 5) is 19.8. The summed E-state index contributed by atoms with van der Waals surface area (Å²) in [5.74, 6) is 0.256. The van der Waals surface area contributed by atoms with Crippen molar-refractivity contribution in [1.29, 1.82) is 0 Å². The number of aromatic nitrogens is 2. The fourth-order valence-corrected chi connectivity index (χ4v) is 3.68. The summed E-state index contributed by atoms with van der Waals surface area (Å²) in [5, 5.41) is 4.20. The summed E-state index contributed by atoms with van der Waals surface area (Å²) in [6.07, 6.45) is 8.32. The van der Waals surface area contributed by atoms with E-state index in [-0.39, 0.29) is 11.9 Å². The van der Waals surface area contributed by atoms with Crippen molar-refractivity contribution < 1.29 is 4.79 Å². The number of hydrogen-bond donors (Lipinski definition) is 0. The predicted molar refractivity (Wildman–Crippen MR) is 91.5 cm³/mol. The average molecular weight is 319 g/mol. The number of carbonyl (C=O) groups is 1. The van der Waals surface area contributed by atoms with Gasteiger partial charge in [0.1, 0.15) is 0 Å². The fourth-order valence-electron chi connectivity index (χ4n) is 3.68. The van der Waals surface area contributed by atoms with Crippen LogP contribution in [0.2, 0.25) is 0 Å². The minimum Gasteiger partial charge on any atom is -0.308 e. The van der Waals surface area contributed by atoms with Gasteiger partial charge in [0.2, 0.25) is 5.91 Å². The van der Waals surface area contributed by atoms with Gasteiger partial charge < -0.3 is 9.80 Å². The molecule has 2 fully saturated rings. The van der Waals surface area contributed by atoms with Crippen molar-refractivity contribution >= 4 is 11.6 Å². The van der Waals surface area contributed by atoms with Crippen LogP contribution in [0.15, 0.2) is 12.4 Å². The lowest BCUT2D eigenvalue weighted by Gasteiger charge is -2.42. The van der Waals surface area contributed by atoms with Gasteiger partial charge in [-0.25, -0.2) is 0 Å². The van der Waals surface area contributed by atoms with Crippen LogP contribution in [0.5, 0.6) is 0 Å². The van der Waals surface area contributed by atoms with Gasteiger partial charge in [0.05, 0.1) is 17.9 Å². The van der Waals surface area contributed by atoms with Crippen molar-refractivity contribution in [3.63, 3.8) is 0 Å². The van der Waals surface area contributed by atoms with E-state index in [0.29, 0.717) is 0 Å². The van der Waals surface area contributed by atoms with E-state index < -0.39 is 0 Å². The Labute approximate surface area is 139 Å². The van der Waals surface area contributed by atoms with Crippen molar-refractivity contribution in [3.05, 3.63) is 12.4 Å². The number of piperazine rings is 1. The fraction of sp³-hybridized carbons (Fsp3) is 0.765. The van der Waals surface area contributed by atoms with Crippen LogP contribution >= 0.6 is 0 Å². The van der Waals surface area contributed by atoms with E-state index >= 15 is 0 Å². The van der Waals surface area contributed by atoms with Crippen molar-refractivity contribution in [3.8, 4) is 0 Å². The summed E-state index contributed by atoms with van der Waals surface area (Å²) in [5.41, 5.74) is 0.934. The summed E-state index contributed by atoms with van der Waals surface area (Å²) < 4.78 is 1.76. The largest absolute Gasteiger partial charge is 0.308 e. The summed E-state index contributed by atoms with van der Waals surface area (Å²) >= 11 is 0. The van der Waals surface area contributed by atoms with Gasteiger partial charge in [0.25, 0.3) is 0 Å². The number of piperidine rings is 1. The maximum absolute atomic E-state index is 12.9. The van der Waals surface area contributed by atoms with Crippen molar-refractivity contribution in [2.45, 2.75) is 38.6 Å². The van der Waals surface area contributed by atoms with E-state index in [2.05, 4.69) is 21.8 Å². The number of nitrogens with zero attached hydrogens (tertiary/aromatic N) is 5. The smallest absolute Gasteiger partial charge is 0.244 e. The Hall–Kier alpha value is -1.40. The Balaban J connectivity index is 1.59. The number of unbranched alkanes of at least 4 members (excludes halogenated alkanes) is 1. The van der Waals surface area contributed by atoms with E-state index in [1.807, 2.05) is 18.1 Å². The SMILES string of the molecule is CCCCN1CCN([C@@H]2CCCN(c3cnn(C)c3)C2=O)CC1. The van der Waals surface area contributed by atoms with E-state index in [1.165, 1.54) is 19.4 Å². The molecular formula is C17H29N5O. The van der Waals surface area contributed by atoms with Gasteiger partial charge in [-0.3, -0.25) is 14.4 Å². The molecule has 128 valence electrons. The van der Waals surface area contributed by atoms with Crippen LogP contribution < -0.4 is 4.90 Å². The maximum atomic E-state index is 12.9. The van der Waals surface area contributed by atoms with Crippen LogP contribution in [-0.2, 0) is 11.8 Å². The van der Waals surface area contributed by atoms with Crippen LogP contribution in [0.25, 0.3) is 0 Å². The first-order valence-corrected chi connectivity index (χ1v) is 8.95. The Bertz CT molecular complexity index is 521. The van der Waals surface area contributed by atoms with Crippen molar-refractivity contribution in [1.82, 2.24) is 19.6 Å². The molecule has 1 aromatic rings. The molecule has 0 aromatic carbocycles. The molecule has 1 aromatic heterocycles. The predicted octanol–water partition coefficient (Wildman–Crippen LogP) is 1.33. The molecule has 2 saturated heterocycles. The third kappa shape index (κ3) is 3.75. The van der Waals surface area contributed by atoms with E-state index in [9.17, 15) is 4.79 Å². The molecule has 3 rings (SSSR count). The lowest BCUT2D eigenvalue weighted by atomic mass is 10.0. The molecular weight excluding hydrogens is 290 g/mol. The minimum atomic E-state index is 0.0530. The minimum absolute atomic E-state index is 0.0530. The Morgan fingerprint density at radius 1 is 1.22 bits per heavy atom. The zero-order chi connectivity index (χ0) is 16.2. The van der Waals surface area contributed by atoms with Crippen LogP contribution in [-0.4, -0.2) is 70.8 Å². The number of carbonyl (C=O) groups excluding carboxylic acids is 1. The van der Waals surface area contributed by atoms with Gasteiger partial charge in [-0.15, -0.1) is 0 Å². The molecule has 0 unspecified atom stereocenters. The van der Waals surface area contributed by atoms with Gasteiger partial charge in [-0.2, -0.15) is 5.10 Å². The maximum Gasteiger partial charge on any atom is 0.244 e. The molecule has 3 heterocycles. The van der Waals surface area contributed by atoms with Crippen LogP contribution in [0.3, 0.4) is 0 Å². The zero-order valence-electron chi connectivity index (χ0n) is 14.4. The van der Waals surface area contributed by atoms with Gasteiger partial charge in [-0.05, 0) is 25.8 Å². The highest BCUT2D eigenvalue weighted by molar-refractivity contribution is 5.97. The second kappa shape index (κ2) is 7.45. The molecule has 0 N–H and O–H groups in total. The third-order valence-electron chi connectivity index (χ3n) is 5.09. The van der Waals surface area contributed by atoms with Gasteiger partial charge >= 0.3 is 0 Å². The Morgan fingerprint density at radius 2 is 2.00 bits per heavy atom. The molecule has 6 heteroatoms. The molecule has 2 aliphatic rings. The third-order valence-corrected chi connectivity index (χ3v) is 5.09. The first kappa shape index (κ1) is 16.5. The summed E-state index contributed by atoms with van der Waals surface area (Å²) in [6.45, 7) is 8.47. The molecule has 1 atom stereocenters. The standard InChI is InChI=1S/C17H29N5O/c1-3-4-7-20-9-11-21(12-10-20)16-6-5-8-22(17(16)23)15-13-18-19(2)14-15/h13-14,16H,3-12H2,1-2H3/t16-/m1/s1. The summed E-state index contributed by atoms with van der Waals surface area (Å²) in [7, 11) is 1.89. The summed E-state index contributed by atoms with van der Waals surface area (Å²) in [6, 6.07) is 0.0530. The molecule has 0 aliphatic carbocycles. The van der Waals surface area contributed by atoms with Crippen molar-refractivity contribution in [2.24, 2.45) is 7.05 Å². The molecule has 0 spiro atoms. The van der Waals surface area contributed by atoms with Gasteiger partial charge in [0.15, 0.2) is 0 Å². The highest BCUT2D eigenvalue weighted by Crippen LogP contribution is 2.24. The molecule has 6 nitrogen and oxygen atoms in total. The number of aryl methyl sites for hydroxylation is 1. The molecule has 23 heavy (non-hydrogen) atoms. The van der Waals surface area contributed by atoms with E-state index in [4.69, 9.17) is 0 Å². The molecule has 0 saturated carbocycles. The van der Waals surface area contributed by atoms with Crippen LogP contribution in [0, 0.1) is 0 Å². The molecule has 2 aliphatic heterocycles. The van der Waals surface area contributed by atoms with Crippen molar-refractivity contribution in [2.75, 3.05) is 44.2 Å². The molecule has 0 radical (unpaired) electrons. The molecule has 0 bridgehead atoms. The van der Waals surface area contributed by atoms with Gasteiger partial charge in [-0.1, -0.05) is 13.3 Å². The molecule has 1 amide bonds. The quantitative estimate of drug-likeness (QED) is 0.821. The second-order valence-corrected chi connectivity index (χ2v) is 6.75. The van der Waals surface area contributed by atoms with E-state index in [0.717, 1.165) is 51.3 Å². The van der Waals surface area contributed by atoms with E-state index in [1.54, 1.807) is 10.9 Å². The lowest BCUT2D eigenvalue weighted by Crippen LogP contribution is -2.57. The monoisotopic (exact) mass is 319 g/mol. The highest BCUT2D eigenvalue weighted by atomic mass is 16.2. The first-order valence-electron chi connectivity index (χ1n) is 8.95.